The lowest BCUT2D eigenvalue weighted by Crippen LogP contribution is -2.42. The average Bonchev–Trinajstić information content (AvgIpc) is 2.88. The Bertz CT molecular complexity index is 211. The molecule has 2 atom stereocenters. The molecule has 2 heterocycles. The summed E-state index contributed by atoms with van der Waals surface area (Å²) in [6.07, 6.45) is 4.60. The first-order valence-electron chi connectivity index (χ1n) is 5.83. The van der Waals surface area contributed by atoms with Gasteiger partial charge in [0.15, 0.2) is 0 Å². The van der Waals surface area contributed by atoms with Gasteiger partial charge < -0.3 is 10.2 Å². The van der Waals surface area contributed by atoms with Gasteiger partial charge in [-0.1, -0.05) is 13.3 Å². The minimum absolute atomic E-state index is 0.130. The summed E-state index contributed by atoms with van der Waals surface area (Å²) in [6, 6.07) is 0.130. The van der Waals surface area contributed by atoms with Gasteiger partial charge in [0, 0.05) is 13.1 Å². The Balaban J connectivity index is 1.86. The molecular formula is C11H20N2O. The standard InChI is InChI=1S/C11H20N2O/c1-2-9-5-7-13(8-9)11(14)10-4-3-6-12-10/h9-10,12H,2-8H2,1H3/t9?,10-/m0/s1. The normalized spacial score (nSPS) is 32.5. The van der Waals surface area contributed by atoms with E-state index in [1.54, 1.807) is 0 Å². The Morgan fingerprint density at radius 2 is 2.36 bits per heavy atom. The Morgan fingerprint density at radius 1 is 1.50 bits per heavy atom. The molecule has 0 aromatic heterocycles. The van der Waals surface area contributed by atoms with E-state index in [0.29, 0.717) is 5.91 Å². The van der Waals surface area contributed by atoms with Crippen LogP contribution in [0.2, 0.25) is 0 Å². The predicted molar refractivity (Wildman–Crippen MR) is 56.0 cm³/mol. The molecule has 2 aliphatic heterocycles. The molecule has 1 unspecified atom stereocenters. The average molecular weight is 196 g/mol. The zero-order chi connectivity index (χ0) is 9.97. The summed E-state index contributed by atoms with van der Waals surface area (Å²) in [4.78, 5) is 14.0. The maximum atomic E-state index is 12.0. The lowest BCUT2D eigenvalue weighted by molar-refractivity contribution is -0.132. The van der Waals surface area contributed by atoms with Crippen LogP contribution in [0, 0.1) is 5.92 Å². The maximum Gasteiger partial charge on any atom is 0.239 e. The Labute approximate surface area is 85.8 Å². The fraction of sp³-hybridized carbons (Fsp3) is 0.909. The zero-order valence-electron chi connectivity index (χ0n) is 8.96. The van der Waals surface area contributed by atoms with E-state index >= 15 is 0 Å². The number of amides is 1. The molecule has 80 valence electrons. The minimum atomic E-state index is 0.130. The highest BCUT2D eigenvalue weighted by Gasteiger charge is 2.31. The summed E-state index contributed by atoms with van der Waals surface area (Å²) in [5, 5.41) is 3.27. The predicted octanol–water partition coefficient (Wildman–Crippen LogP) is 0.997. The number of carbonyl (C=O) groups is 1. The van der Waals surface area contributed by atoms with E-state index in [0.717, 1.165) is 38.4 Å². The van der Waals surface area contributed by atoms with Gasteiger partial charge >= 0.3 is 0 Å². The van der Waals surface area contributed by atoms with Crippen LogP contribution in [0.1, 0.15) is 32.6 Å². The van der Waals surface area contributed by atoms with Gasteiger partial charge in [-0.2, -0.15) is 0 Å². The molecule has 1 N–H and O–H groups in total. The van der Waals surface area contributed by atoms with E-state index in [2.05, 4.69) is 17.1 Å². The summed E-state index contributed by atoms with van der Waals surface area (Å²) in [5.74, 6) is 1.10. The summed E-state index contributed by atoms with van der Waals surface area (Å²) in [5.41, 5.74) is 0. The molecule has 0 spiro atoms. The second-order valence-corrected chi connectivity index (χ2v) is 4.50. The van der Waals surface area contributed by atoms with Crippen LogP contribution in [0.15, 0.2) is 0 Å². The molecule has 14 heavy (non-hydrogen) atoms. The number of nitrogens with zero attached hydrogens (tertiary/aromatic N) is 1. The SMILES string of the molecule is CCC1CCN(C(=O)[C@@H]2CCCN2)C1. The van der Waals surface area contributed by atoms with Gasteiger partial charge in [0.2, 0.25) is 5.91 Å². The third-order valence-electron chi connectivity index (χ3n) is 3.53. The number of hydrogen-bond acceptors (Lipinski definition) is 2. The molecule has 0 bridgehead atoms. The van der Waals surface area contributed by atoms with Crippen LogP contribution in [0.3, 0.4) is 0 Å². The van der Waals surface area contributed by atoms with E-state index in [9.17, 15) is 4.79 Å². The molecule has 3 nitrogen and oxygen atoms in total. The fourth-order valence-corrected chi connectivity index (χ4v) is 2.48. The van der Waals surface area contributed by atoms with E-state index in [1.165, 1.54) is 12.8 Å². The van der Waals surface area contributed by atoms with Crippen LogP contribution in [0.25, 0.3) is 0 Å². The van der Waals surface area contributed by atoms with Gasteiger partial charge in [0.05, 0.1) is 6.04 Å². The lowest BCUT2D eigenvalue weighted by Gasteiger charge is -2.20. The van der Waals surface area contributed by atoms with Crippen LogP contribution in [-0.2, 0) is 4.79 Å². The van der Waals surface area contributed by atoms with Crippen molar-refractivity contribution in [3.05, 3.63) is 0 Å². The van der Waals surface area contributed by atoms with Crippen molar-refractivity contribution in [1.82, 2.24) is 10.2 Å². The monoisotopic (exact) mass is 196 g/mol. The minimum Gasteiger partial charge on any atom is -0.341 e. The number of likely N-dealkylation sites (tertiary alicyclic amines) is 1. The van der Waals surface area contributed by atoms with Crippen LogP contribution >= 0.6 is 0 Å². The zero-order valence-corrected chi connectivity index (χ0v) is 8.96. The summed E-state index contributed by atoms with van der Waals surface area (Å²) < 4.78 is 0. The molecule has 2 rings (SSSR count). The molecule has 0 saturated carbocycles. The molecule has 2 fully saturated rings. The molecule has 0 aromatic carbocycles. The van der Waals surface area contributed by atoms with E-state index < -0.39 is 0 Å². The first-order valence-corrected chi connectivity index (χ1v) is 5.83. The van der Waals surface area contributed by atoms with Crippen molar-refractivity contribution in [2.45, 2.75) is 38.6 Å². The number of rotatable bonds is 2. The van der Waals surface area contributed by atoms with Gasteiger partial charge in [-0.05, 0) is 31.7 Å². The number of nitrogens with one attached hydrogen (secondary N) is 1. The molecule has 0 aliphatic carbocycles. The molecule has 2 aliphatic rings. The highest BCUT2D eigenvalue weighted by molar-refractivity contribution is 5.82. The van der Waals surface area contributed by atoms with Gasteiger partial charge in [-0.15, -0.1) is 0 Å². The van der Waals surface area contributed by atoms with Gasteiger partial charge in [0.25, 0.3) is 0 Å². The quantitative estimate of drug-likeness (QED) is 0.714. The van der Waals surface area contributed by atoms with E-state index in [1.807, 2.05) is 0 Å². The summed E-state index contributed by atoms with van der Waals surface area (Å²) in [6.45, 7) is 5.21. The van der Waals surface area contributed by atoms with Gasteiger partial charge in [-0.25, -0.2) is 0 Å². The van der Waals surface area contributed by atoms with Crippen LogP contribution < -0.4 is 5.32 Å². The largest absolute Gasteiger partial charge is 0.341 e. The summed E-state index contributed by atoms with van der Waals surface area (Å²) >= 11 is 0. The number of carbonyl (C=O) groups excluding carboxylic acids is 1. The molecule has 2 saturated heterocycles. The topological polar surface area (TPSA) is 32.3 Å². The molecule has 0 radical (unpaired) electrons. The Hall–Kier alpha value is -0.570. The third-order valence-corrected chi connectivity index (χ3v) is 3.53. The van der Waals surface area contributed by atoms with Crippen molar-refractivity contribution in [3.8, 4) is 0 Å². The summed E-state index contributed by atoms with van der Waals surface area (Å²) in [7, 11) is 0. The van der Waals surface area contributed by atoms with Crippen LogP contribution in [0.4, 0.5) is 0 Å². The second-order valence-electron chi connectivity index (χ2n) is 4.50. The van der Waals surface area contributed by atoms with Crippen molar-refractivity contribution >= 4 is 5.91 Å². The third kappa shape index (κ3) is 1.92. The van der Waals surface area contributed by atoms with Crippen LogP contribution in [0.5, 0.6) is 0 Å². The first kappa shape index (κ1) is 9.97. The molecular weight excluding hydrogens is 176 g/mol. The lowest BCUT2D eigenvalue weighted by atomic mass is 10.1. The second kappa shape index (κ2) is 4.30. The van der Waals surface area contributed by atoms with E-state index in [4.69, 9.17) is 0 Å². The first-order chi connectivity index (χ1) is 6.81. The molecule has 0 aromatic rings. The van der Waals surface area contributed by atoms with Gasteiger partial charge in [-0.3, -0.25) is 4.79 Å². The molecule has 1 amide bonds. The van der Waals surface area contributed by atoms with Crippen LogP contribution in [-0.4, -0.2) is 36.5 Å². The number of hydrogen-bond donors (Lipinski definition) is 1. The van der Waals surface area contributed by atoms with Crippen molar-refractivity contribution < 1.29 is 4.79 Å². The Morgan fingerprint density at radius 3 is 2.93 bits per heavy atom. The van der Waals surface area contributed by atoms with E-state index in [-0.39, 0.29) is 6.04 Å². The highest BCUT2D eigenvalue weighted by atomic mass is 16.2. The smallest absolute Gasteiger partial charge is 0.239 e. The highest BCUT2D eigenvalue weighted by Crippen LogP contribution is 2.21. The Kier molecular flexibility index (Phi) is 3.06. The van der Waals surface area contributed by atoms with Gasteiger partial charge in [0.1, 0.15) is 0 Å². The fourth-order valence-electron chi connectivity index (χ4n) is 2.48. The van der Waals surface area contributed by atoms with Crippen molar-refractivity contribution in [2.24, 2.45) is 5.92 Å². The maximum absolute atomic E-state index is 12.0. The van der Waals surface area contributed by atoms with Crippen molar-refractivity contribution in [2.75, 3.05) is 19.6 Å². The molecule has 3 heteroatoms. The van der Waals surface area contributed by atoms with Crippen molar-refractivity contribution in [3.63, 3.8) is 0 Å². The van der Waals surface area contributed by atoms with Crippen molar-refractivity contribution in [1.29, 1.82) is 0 Å².